The van der Waals surface area contributed by atoms with Crippen molar-refractivity contribution in [1.82, 2.24) is 19.7 Å². The molecule has 2 rings (SSSR count). The second-order valence-electron chi connectivity index (χ2n) is 2.56. The first kappa shape index (κ1) is 8.43. The zero-order valence-electron chi connectivity index (χ0n) is 6.91. The van der Waals surface area contributed by atoms with Crippen LogP contribution in [0, 0.1) is 0 Å². The summed E-state index contributed by atoms with van der Waals surface area (Å²) >= 11 is 3.28. The van der Waals surface area contributed by atoms with Crippen molar-refractivity contribution < 1.29 is 0 Å². The van der Waals surface area contributed by atoms with Crippen LogP contribution in [0.5, 0.6) is 0 Å². The number of nitrogens with one attached hydrogen (secondary N) is 1. The first-order valence-corrected chi connectivity index (χ1v) is 4.62. The van der Waals surface area contributed by atoms with Crippen LogP contribution in [-0.4, -0.2) is 19.7 Å². The first-order valence-electron chi connectivity index (χ1n) is 3.83. The minimum Gasteiger partial charge on any atom is -0.314 e. The molecule has 2 aromatic rings. The Morgan fingerprint density at radius 2 is 2.46 bits per heavy atom. The van der Waals surface area contributed by atoms with Crippen molar-refractivity contribution in [2.75, 3.05) is 0 Å². The second-order valence-corrected chi connectivity index (χ2v) is 3.27. The van der Waals surface area contributed by atoms with Gasteiger partial charge in [-0.05, 0) is 22.9 Å². The van der Waals surface area contributed by atoms with Crippen LogP contribution in [0.3, 0.4) is 0 Å². The third-order valence-electron chi connectivity index (χ3n) is 1.83. The molecule has 0 radical (unpaired) electrons. The summed E-state index contributed by atoms with van der Waals surface area (Å²) in [5.41, 5.74) is 0.958. The molecular formula is C7H7BrN4O. The monoisotopic (exact) mass is 242 g/mol. The minimum atomic E-state index is -0.211. The second kappa shape index (κ2) is 2.95. The van der Waals surface area contributed by atoms with Gasteiger partial charge in [-0.15, -0.1) is 0 Å². The van der Waals surface area contributed by atoms with Crippen LogP contribution in [0.2, 0.25) is 0 Å². The average Bonchev–Trinajstić information content (AvgIpc) is 2.42. The molecule has 0 aliphatic carbocycles. The lowest BCUT2D eigenvalue weighted by molar-refractivity contribution is 0.760. The van der Waals surface area contributed by atoms with E-state index in [1.807, 2.05) is 6.92 Å². The maximum Gasteiger partial charge on any atom is 0.290 e. The van der Waals surface area contributed by atoms with Gasteiger partial charge < -0.3 is 4.57 Å². The average molecular weight is 243 g/mol. The predicted molar refractivity (Wildman–Crippen MR) is 51.5 cm³/mol. The molecule has 0 bridgehead atoms. The van der Waals surface area contributed by atoms with Gasteiger partial charge >= 0.3 is 0 Å². The number of aryl methyl sites for hydroxylation is 1. The highest BCUT2D eigenvalue weighted by Gasteiger charge is 2.09. The Labute approximate surface area is 81.9 Å². The smallest absolute Gasteiger partial charge is 0.290 e. The molecule has 0 unspecified atom stereocenters. The summed E-state index contributed by atoms with van der Waals surface area (Å²) in [6.07, 6.45) is 1.54. The van der Waals surface area contributed by atoms with E-state index in [9.17, 15) is 4.79 Å². The molecule has 2 heterocycles. The lowest BCUT2D eigenvalue weighted by Gasteiger charge is -1.97. The molecule has 0 saturated heterocycles. The zero-order valence-corrected chi connectivity index (χ0v) is 8.50. The number of H-pyrrole nitrogens is 1. The molecule has 0 saturated carbocycles. The highest BCUT2D eigenvalue weighted by Crippen LogP contribution is 2.15. The van der Waals surface area contributed by atoms with Gasteiger partial charge in [0.05, 0.1) is 6.20 Å². The Balaban J connectivity index is 2.97. The quantitative estimate of drug-likeness (QED) is 0.809. The first-order chi connectivity index (χ1) is 6.24. The fourth-order valence-corrected chi connectivity index (χ4v) is 1.88. The molecule has 1 N–H and O–H groups in total. The number of halogens is 1. The van der Waals surface area contributed by atoms with Crippen molar-refractivity contribution in [3.8, 4) is 0 Å². The van der Waals surface area contributed by atoms with Gasteiger partial charge in [-0.2, -0.15) is 5.10 Å². The van der Waals surface area contributed by atoms with Gasteiger partial charge in [-0.1, -0.05) is 0 Å². The highest BCUT2D eigenvalue weighted by atomic mass is 79.9. The Morgan fingerprint density at radius 3 is 3.15 bits per heavy atom. The van der Waals surface area contributed by atoms with Gasteiger partial charge in [0.1, 0.15) is 11.0 Å². The molecule has 0 atom stereocenters. The van der Waals surface area contributed by atoms with Crippen molar-refractivity contribution in [3.05, 3.63) is 21.3 Å². The Kier molecular flexibility index (Phi) is 1.91. The Bertz CT molecular complexity index is 501. The van der Waals surface area contributed by atoms with Crippen LogP contribution in [0.25, 0.3) is 11.0 Å². The van der Waals surface area contributed by atoms with E-state index in [1.165, 1.54) is 6.20 Å². The molecule has 6 heteroatoms. The van der Waals surface area contributed by atoms with Crippen LogP contribution in [0.1, 0.15) is 6.92 Å². The minimum absolute atomic E-state index is 0.211. The molecule has 2 aromatic heterocycles. The molecule has 0 amide bonds. The lowest BCUT2D eigenvalue weighted by atomic mass is 10.4. The fraction of sp³-hybridized carbons (Fsp3) is 0.286. The van der Waals surface area contributed by atoms with Crippen LogP contribution < -0.4 is 5.56 Å². The van der Waals surface area contributed by atoms with E-state index in [2.05, 4.69) is 31.1 Å². The maximum absolute atomic E-state index is 11.4. The molecule has 0 aromatic carbocycles. The van der Waals surface area contributed by atoms with Crippen molar-refractivity contribution in [1.29, 1.82) is 0 Å². The molecule has 0 spiro atoms. The van der Waals surface area contributed by atoms with Crippen LogP contribution >= 0.6 is 15.9 Å². The SMILES string of the molecule is CCn1c(Br)nc2cn[nH]c(=O)c21. The third kappa shape index (κ3) is 1.17. The fourth-order valence-electron chi connectivity index (χ4n) is 1.27. The molecule has 0 fully saturated rings. The van der Waals surface area contributed by atoms with Crippen molar-refractivity contribution in [3.63, 3.8) is 0 Å². The van der Waals surface area contributed by atoms with E-state index in [4.69, 9.17) is 0 Å². The van der Waals surface area contributed by atoms with Gasteiger partial charge in [0, 0.05) is 6.54 Å². The van der Waals surface area contributed by atoms with Crippen molar-refractivity contribution in [2.24, 2.45) is 0 Å². The molecule has 0 aliphatic rings. The lowest BCUT2D eigenvalue weighted by Crippen LogP contribution is -2.11. The highest BCUT2D eigenvalue weighted by molar-refractivity contribution is 9.10. The number of hydrogen-bond acceptors (Lipinski definition) is 3. The van der Waals surface area contributed by atoms with Crippen LogP contribution in [0.4, 0.5) is 0 Å². The Hall–Kier alpha value is -1.17. The van der Waals surface area contributed by atoms with Crippen molar-refractivity contribution >= 4 is 27.0 Å². The van der Waals surface area contributed by atoms with Crippen LogP contribution in [0.15, 0.2) is 15.7 Å². The third-order valence-corrected chi connectivity index (χ3v) is 2.44. The number of nitrogens with zero attached hydrogens (tertiary/aromatic N) is 3. The summed E-state index contributed by atoms with van der Waals surface area (Å²) in [6, 6.07) is 0. The summed E-state index contributed by atoms with van der Waals surface area (Å²) in [4.78, 5) is 15.5. The Morgan fingerprint density at radius 1 is 1.69 bits per heavy atom. The van der Waals surface area contributed by atoms with E-state index in [0.29, 0.717) is 22.3 Å². The normalized spacial score (nSPS) is 10.9. The molecule has 13 heavy (non-hydrogen) atoms. The number of hydrogen-bond donors (Lipinski definition) is 1. The molecule has 68 valence electrons. The summed E-state index contributed by atoms with van der Waals surface area (Å²) in [6.45, 7) is 2.65. The van der Waals surface area contributed by atoms with E-state index < -0.39 is 0 Å². The van der Waals surface area contributed by atoms with Crippen LogP contribution in [-0.2, 0) is 6.54 Å². The van der Waals surface area contributed by atoms with E-state index >= 15 is 0 Å². The standard InChI is InChI=1S/C7H7BrN4O/c1-2-12-5-4(10-7(12)8)3-9-11-6(5)13/h3H,2H2,1H3,(H,11,13). The van der Waals surface area contributed by atoms with Gasteiger partial charge in [0.15, 0.2) is 4.73 Å². The van der Waals surface area contributed by atoms with E-state index in [0.717, 1.165) is 0 Å². The van der Waals surface area contributed by atoms with Gasteiger partial charge in [-0.3, -0.25) is 4.79 Å². The van der Waals surface area contributed by atoms with Gasteiger partial charge in [-0.25, -0.2) is 10.1 Å². The molecular weight excluding hydrogens is 236 g/mol. The van der Waals surface area contributed by atoms with Gasteiger partial charge in [0.25, 0.3) is 5.56 Å². The maximum atomic E-state index is 11.4. The van der Waals surface area contributed by atoms with E-state index in [-0.39, 0.29) is 5.56 Å². The molecule has 5 nitrogen and oxygen atoms in total. The van der Waals surface area contributed by atoms with Crippen molar-refractivity contribution in [2.45, 2.75) is 13.5 Å². The van der Waals surface area contributed by atoms with E-state index in [1.54, 1.807) is 4.57 Å². The topological polar surface area (TPSA) is 63.6 Å². The summed E-state index contributed by atoms with van der Waals surface area (Å²) in [5, 5.41) is 6.04. The number of aromatic amines is 1. The molecule has 0 aliphatic heterocycles. The summed E-state index contributed by atoms with van der Waals surface area (Å²) in [7, 11) is 0. The summed E-state index contributed by atoms with van der Waals surface area (Å²) in [5.74, 6) is 0. The number of aromatic nitrogens is 4. The number of rotatable bonds is 1. The predicted octanol–water partition coefficient (Wildman–Crippen LogP) is 0.902. The largest absolute Gasteiger partial charge is 0.314 e. The van der Waals surface area contributed by atoms with Gasteiger partial charge in [0.2, 0.25) is 0 Å². The number of fused-ring (bicyclic) bond motifs is 1. The zero-order chi connectivity index (χ0) is 9.42. The number of imidazole rings is 1. The summed E-state index contributed by atoms with van der Waals surface area (Å²) < 4.78 is 2.44.